The number of aryl methyl sites for hydroxylation is 1. The number of amides is 1. The zero-order chi connectivity index (χ0) is 13.0. The van der Waals surface area contributed by atoms with Gasteiger partial charge < -0.3 is 5.32 Å². The molecule has 2 rings (SSSR count). The van der Waals surface area contributed by atoms with E-state index in [1.165, 1.54) is 0 Å². The molecule has 0 bridgehead atoms. The Morgan fingerprint density at radius 2 is 1.67 bits per heavy atom. The summed E-state index contributed by atoms with van der Waals surface area (Å²) < 4.78 is 0. The van der Waals surface area contributed by atoms with Gasteiger partial charge in [0.1, 0.15) is 0 Å². The molecular weight excluding hydrogens is 222 g/mol. The number of carbonyl (C=O) groups excluding carboxylic acids is 1. The van der Waals surface area contributed by atoms with Crippen LogP contribution in [0.15, 0.2) is 55.1 Å². The van der Waals surface area contributed by atoms with Crippen molar-refractivity contribution in [1.82, 2.24) is 0 Å². The fourth-order valence-corrected chi connectivity index (χ4v) is 1.61. The molecule has 0 fully saturated rings. The van der Waals surface area contributed by atoms with Crippen LogP contribution >= 0.6 is 0 Å². The quantitative estimate of drug-likeness (QED) is 0.862. The highest BCUT2D eigenvalue weighted by atomic mass is 16.1. The van der Waals surface area contributed by atoms with Gasteiger partial charge in [0, 0.05) is 11.3 Å². The summed E-state index contributed by atoms with van der Waals surface area (Å²) in [5.74, 6) is -0.0960. The molecule has 0 saturated heterocycles. The molecule has 90 valence electrons. The van der Waals surface area contributed by atoms with Crippen molar-refractivity contribution in [3.63, 3.8) is 0 Å². The van der Waals surface area contributed by atoms with Gasteiger partial charge in [-0.2, -0.15) is 0 Å². The third kappa shape index (κ3) is 2.86. The van der Waals surface area contributed by atoms with E-state index in [0.717, 1.165) is 16.8 Å². The third-order valence-electron chi connectivity index (χ3n) is 2.72. The normalized spacial score (nSPS) is 9.83. The Kier molecular flexibility index (Phi) is 3.58. The van der Waals surface area contributed by atoms with Crippen molar-refractivity contribution in [2.75, 3.05) is 5.32 Å². The lowest BCUT2D eigenvalue weighted by Gasteiger charge is -2.05. The van der Waals surface area contributed by atoms with Crippen LogP contribution in [-0.4, -0.2) is 5.91 Å². The van der Waals surface area contributed by atoms with Crippen LogP contribution in [-0.2, 0) is 0 Å². The summed E-state index contributed by atoms with van der Waals surface area (Å²) in [6.07, 6.45) is 1.77. The molecule has 0 aliphatic heterocycles. The molecule has 2 aromatic carbocycles. The minimum Gasteiger partial charge on any atom is -0.322 e. The van der Waals surface area contributed by atoms with Gasteiger partial charge in [-0.3, -0.25) is 4.79 Å². The molecule has 0 aromatic heterocycles. The molecule has 0 aliphatic carbocycles. The predicted molar refractivity (Wildman–Crippen MR) is 75.7 cm³/mol. The lowest BCUT2D eigenvalue weighted by atomic mass is 10.1. The maximum Gasteiger partial charge on any atom is 0.255 e. The minimum absolute atomic E-state index is 0.0960. The standard InChI is InChI=1S/C16H15NO/c1-3-13-6-10-15(11-7-13)17-16(18)14-8-4-12(2)5-9-14/h3-11H,1H2,2H3,(H,17,18). The fourth-order valence-electron chi connectivity index (χ4n) is 1.61. The second-order valence-electron chi connectivity index (χ2n) is 4.15. The molecular formula is C16H15NO. The van der Waals surface area contributed by atoms with Gasteiger partial charge in [0.05, 0.1) is 0 Å². The maximum absolute atomic E-state index is 11.9. The number of rotatable bonds is 3. The van der Waals surface area contributed by atoms with Crippen molar-refractivity contribution in [3.8, 4) is 0 Å². The van der Waals surface area contributed by atoms with Gasteiger partial charge in [-0.05, 0) is 36.8 Å². The zero-order valence-electron chi connectivity index (χ0n) is 10.3. The molecule has 0 spiro atoms. The molecule has 2 nitrogen and oxygen atoms in total. The monoisotopic (exact) mass is 237 g/mol. The summed E-state index contributed by atoms with van der Waals surface area (Å²) in [5.41, 5.74) is 3.62. The smallest absolute Gasteiger partial charge is 0.255 e. The van der Waals surface area contributed by atoms with Crippen LogP contribution < -0.4 is 5.32 Å². The predicted octanol–water partition coefficient (Wildman–Crippen LogP) is 3.89. The van der Waals surface area contributed by atoms with Crippen LogP contribution in [0.2, 0.25) is 0 Å². The van der Waals surface area contributed by atoms with E-state index in [9.17, 15) is 4.79 Å². The van der Waals surface area contributed by atoms with E-state index in [1.807, 2.05) is 55.5 Å². The molecule has 1 amide bonds. The topological polar surface area (TPSA) is 29.1 Å². The lowest BCUT2D eigenvalue weighted by Crippen LogP contribution is -2.11. The number of carbonyl (C=O) groups is 1. The summed E-state index contributed by atoms with van der Waals surface area (Å²) in [6, 6.07) is 15.1. The zero-order valence-corrected chi connectivity index (χ0v) is 10.3. The van der Waals surface area contributed by atoms with E-state index >= 15 is 0 Å². The Morgan fingerprint density at radius 1 is 1.06 bits per heavy atom. The Hall–Kier alpha value is -2.35. The molecule has 0 heterocycles. The van der Waals surface area contributed by atoms with Crippen molar-refractivity contribution < 1.29 is 4.79 Å². The SMILES string of the molecule is C=Cc1ccc(NC(=O)c2ccc(C)cc2)cc1. The highest BCUT2D eigenvalue weighted by Crippen LogP contribution is 2.12. The lowest BCUT2D eigenvalue weighted by molar-refractivity contribution is 0.102. The molecule has 1 N–H and O–H groups in total. The first kappa shape index (κ1) is 12.1. The number of anilines is 1. The summed E-state index contributed by atoms with van der Waals surface area (Å²) in [7, 11) is 0. The van der Waals surface area contributed by atoms with Crippen LogP contribution in [0.1, 0.15) is 21.5 Å². The van der Waals surface area contributed by atoms with Gasteiger partial charge in [-0.25, -0.2) is 0 Å². The van der Waals surface area contributed by atoms with Crippen molar-refractivity contribution in [2.45, 2.75) is 6.92 Å². The first-order valence-corrected chi connectivity index (χ1v) is 5.79. The molecule has 2 aromatic rings. The van der Waals surface area contributed by atoms with Crippen LogP contribution in [0.5, 0.6) is 0 Å². The van der Waals surface area contributed by atoms with E-state index in [2.05, 4.69) is 11.9 Å². The summed E-state index contributed by atoms with van der Waals surface area (Å²) in [4.78, 5) is 11.9. The van der Waals surface area contributed by atoms with Gasteiger partial charge in [-0.15, -0.1) is 0 Å². The molecule has 0 radical (unpaired) electrons. The van der Waals surface area contributed by atoms with Crippen LogP contribution in [0.3, 0.4) is 0 Å². The first-order chi connectivity index (χ1) is 8.69. The minimum atomic E-state index is -0.0960. The average Bonchev–Trinajstić information content (AvgIpc) is 2.40. The summed E-state index contributed by atoms with van der Waals surface area (Å²) in [5, 5.41) is 2.86. The van der Waals surface area contributed by atoms with Crippen molar-refractivity contribution in [3.05, 3.63) is 71.8 Å². The summed E-state index contributed by atoms with van der Waals surface area (Å²) in [6.45, 7) is 5.69. The van der Waals surface area contributed by atoms with Gasteiger partial charge in [0.25, 0.3) is 5.91 Å². The van der Waals surface area contributed by atoms with E-state index in [0.29, 0.717) is 5.56 Å². The van der Waals surface area contributed by atoms with Crippen LogP contribution in [0, 0.1) is 6.92 Å². The molecule has 0 aliphatic rings. The number of hydrogen-bond donors (Lipinski definition) is 1. The Morgan fingerprint density at radius 3 is 2.22 bits per heavy atom. The van der Waals surface area contributed by atoms with E-state index in [4.69, 9.17) is 0 Å². The van der Waals surface area contributed by atoms with Gasteiger partial charge >= 0.3 is 0 Å². The van der Waals surface area contributed by atoms with E-state index < -0.39 is 0 Å². The van der Waals surface area contributed by atoms with Crippen molar-refractivity contribution in [2.24, 2.45) is 0 Å². The third-order valence-corrected chi connectivity index (χ3v) is 2.72. The second-order valence-corrected chi connectivity index (χ2v) is 4.15. The fraction of sp³-hybridized carbons (Fsp3) is 0.0625. The molecule has 0 unspecified atom stereocenters. The number of benzene rings is 2. The van der Waals surface area contributed by atoms with Crippen LogP contribution in [0.25, 0.3) is 6.08 Å². The summed E-state index contributed by atoms with van der Waals surface area (Å²) >= 11 is 0. The van der Waals surface area contributed by atoms with Crippen LogP contribution in [0.4, 0.5) is 5.69 Å². The Labute approximate surface area is 107 Å². The van der Waals surface area contributed by atoms with E-state index in [1.54, 1.807) is 6.08 Å². The van der Waals surface area contributed by atoms with E-state index in [-0.39, 0.29) is 5.91 Å². The highest BCUT2D eigenvalue weighted by molar-refractivity contribution is 6.04. The molecule has 2 heteroatoms. The molecule has 18 heavy (non-hydrogen) atoms. The van der Waals surface area contributed by atoms with Gasteiger partial charge in [-0.1, -0.05) is 42.5 Å². The maximum atomic E-state index is 11.9. The first-order valence-electron chi connectivity index (χ1n) is 5.79. The van der Waals surface area contributed by atoms with Gasteiger partial charge in [0.15, 0.2) is 0 Å². The molecule has 0 saturated carbocycles. The highest BCUT2D eigenvalue weighted by Gasteiger charge is 2.04. The number of nitrogens with one attached hydrogen (secondary N) is 1. The second kappa shape index (κ2) is 5.32. The Bertz CT molecular complexity index is 553. The average molecular weight is 237 g/mol. The van der Waals surface area contributed by atoms with Gasteiger partial charge in [0.2, 0.25) is 0 Å². The molecule has 0 atom stereocenters. The number of hydrogen-bond acceptors (Lipinski definition) is 1. The van der Waals surface area contributed by atoms with Crippen molar-refractivity contribution >= 4 is 17.7 Å². The Balaban J connectivity index is 2.10. The van der Waals surface area contributed by atoms with Crippen molar-refractivity contribution in [1.29, 1.82) is 0 Å². The largest absolute Gasteiger partial charge is 0.322 e.